The molecule has 2 unspecified atom stereocenters. The van der Waals surface area contributed by atoms with Crippen LogP contribution in [-0.4, -0.2) is 31.6 Å². The van der Waals surface area contributed by atoms with Crippen LogP contribution in [0.25, 0.3) is 0 Å². The summed E-state index contributed by atoms with van der Waals surface area (Å²) < 4.78 is 5.46. The van der Waals surface area contributed by atoms with Gasteiger partial charge in [-0.05, 0) is 61.3 Å². The van der Waals surface area contributed by atoms with E-state index in [1.165, 1.54) is 50.8 Å². The Morgan fingerprint density at radius 3 is 2.95 bits per heavy atom. The van der Waals surface area contributed by atoms with Crippen LogP contribution in [0, 0.1) is 5.92 Å². The van der Waals surface area contributed by atoms with Crippen LogP contribution in [-0.2, 0) is 5.41 Å². The first-order chi connectivity index (χ1) is 10.3. The normalized spacial score (nSPS) is 28.3. The van der Waals surface area contributed by atoms with Crippen molar-refractivity contribution in [1.29, 1.82) is 0 Å². The summed E-state index contributed by atoms with van der Waals surface area (Å²) in [5, 5.41) is 0. The second-order valence-electron chi connectivity index (χ2n) is 6.63. The fourth-order valence-corrected chi connectivity index (χ4v) is 4.57. The lowest BCUT2D eigenvalue weighted by atomic mass is 9.69. The molecule has 1 saturated carbocycles. The maximum absolute atomic E-state index is 5.46. The fraction of sp³-hybridized carbons (Fsp3) is 0.579. The van der Waals surface area contributed by atoms with E-state index in [1.807, 2.05) is 6.08 Å². The Hall–Kier alpha value is -0.990. The van der Waals surface area contributed by atoms with Crippen LogP contribution in [0.1, 0.15) is 37.7 Å². The number of likely N-dealkylation sites (tertiary alicyclic amines) is 1. The first-order valence-electron chi connectivity index (χ1n) is 8.26. The van der Waals surface area contributed by atoms with Crippen LogP contribution in [0.15, 0.2) is 36.9 Å². The zero-order chi connectivity index (χ0) is 14.7. The maximum atomic E-state index is 5.46. The van der Waals surface area contributed by atoms with Gasteiger partial charge in [0.2, 0.25) is 0 Å². The van der Waals surface area contributed by atoms with Crippen LogP contribution in [0.5, 0.6) is 5.75 Å². The van der Waals surface area contributed by atoms with Crippen LogP contribution in [0.2, 0.25) is 0 Å². The van der Waals surface area contributed by atoms with E-state index >= 15 is 0 Å². The van der Waals surface area contributed by atoms with E-state index in [-0.39, 0.29) is 12.4 Å². The number of ether oxygens (including phenoxy) is 1. The van der Waals surface area contributed by atoms with Gasteiger partial charge in [-0.3, -0.25) is 4.90 Å². The third kappa shape index (κ3) is 3.18. The second-order valence-corrected chi connectivity index (χ2v) is 6.63. The molecular formula is C19H28ClNO. The molecule has 1 saturated heterocycles. The predicted molar refractivity (Wildman–Crippen MR) is 95.1 cm³/mol. The maximum Gasteiger partial charge on any atom is 0.119 e. The molecule has 1 aromatic rings. The molecule has 0 N–H and O–H groups in total. The topological polar surface area (TPSA) is 12.5 Å². The molecule has 0 aromatic heterocycles. The lowest BCUT2D eigenvalue weighted by molar-refractivity contribution is 0.237. The van der Waals surface area contributed by atoms with Crippen molar-refractivity contribution in [3.05, 3.63) is 42.5 Å². The van der Waals surface area contributed by atoms with Gasteiger partial charge in [0, 0.05) is 13.1 Å². The van der Waals surface area contributed by atoms with E-state index in [0.717, 1.165) is 18.2 Å². The number of fused-ring (bicyclic) bond motifs is 1. The molecule has 1 aliphatic carbocycles. The summed E-state index contributed by atoms with van der Waals surface area (Å²) in [7, 11) is 1.77. The molecule has 1 aromatic carbocycles. The molecule has 0 bridgehead atoms. The summed E-state index contributed by atoms with van der Waals surface area (Å²) in [5.41, 5.74) is 1.88. The van der Waals surface area contributed by atoms with Gasteiger partial charge in [0.25, 0.3) is 0 Å². The van der Waals surface area contributed by atoms with Crippen molar-refractivity contribution in [3.63, 3.8) is 0 Å². The Balaban J connectivity index is 0.00000176. The van der Waals surface area contributed by atoms with Crippen molar-refractivity contribution < 1.29 is 4.74 Å². The van der Waals surface area contributed by atoms with Gasteiger partial charge in [0.1, 0.15) is 5.75 Å². The molecule has 2 fully saturated rings. The van der Waals surface area contributed by atoms with Gasteiger partial charge < -0.3 is 4.74 Å². The molecule has 2 nitrogen and oxygen atoms in total. The summed E-state index contributed by atoms with van der Waals surface area (Å²) in [6.07, 6.45) is 8.73. The molecule has 3 heteroatoms. The van der Waals surface area contributed by atoms with Gasteiger partial charge in [-0.25, -0.2) is 0 Å². The summed E-state index contributed by atoms with van der Waals surface area (Å²) in [6.45, 7) is 7.39. The predicted octanol–water partition coefficient (Wildman–Crippen LogP) is 4.44. The highest BCUT2D eigenvalue weighted by Gasteiger charge is 2.45. The standard InChI is InChI=1S/C19H27NO.ClH/c1-3-12-20-13-6-11-19(10-5-8-17(19)15-20)16-7-4-9-18(14-16)21-2;/h3-4,7,9,14,17H,1,5-6,8,10-13,15H2,2H3;1H. The zero-order valence-corrected chi connectivity index (χ0v) is 14.4. The molecule has 3 rings (SSSR count). The first kappa shape index (κ1) is 17.4. The third-order valence-corrected chi connectivity index (χ3v) is 5.56. The summed E-state index contributed by atoms with van der Waals surface area (Å²) in [6, 6.07) is 8.82. The summed E-state index contributed by atoms with van der Waals surface area (Å²) >= 11 is 0. The van der Waals surface area contributed by atoms with E-state index in [4.69, 9.17) is 4.74 Å². The van der Waals surface area contributed by atoms with Gasteiger partial charge >= 0.3 is 0 Å². The van der Waals surface area contributed by atoms with Crippen LogP contribution < -0.4 is 4.74 Å². The molecule has 1 heterocycles. The minimum atomic E-state index is 0. The molecule has 0 radical (unpaired) electrons. The summed E-state index contributed by atoms with van der Waals surface area (Å²) in [4.78, 5) is 2.59. The molecule has 0 spiro atoms. The van der Waals surface area contributed by atoms with Gasteiger partial charge in [0.05, 0.1) is 7.11 Å². The smallest absolute Gasteiger partial charge is 0.119 e. The molecular weight excluding hydrogens is 294 g/mol. The lowest BCUT2D eigenvalue weighted by Crippen LogP contribution is -2.35. The van der Waals surface area contributed by atoms with Crippen molar-refractivity contribution in [1.82, 2.24) is 4.90 Å². The van der Waals surface area contributed by atoms with Gasteiger partial charge in [-0.1, -0.05) is 24.6 Å². The molecule has 22 heavy (non-hydrogen) atoms. The summed E-state index contributed by atoms with van der Waals surface area (Å²) in [5.74, 6) is 1.78. The lowest BCUT2D eigenvalue weighted by Gasteiger charge is -2.36. The molecule has 0 amide bonds. The molecule has 1 aliphatic heterocycles. The molecule has 2 atom stereocenters. The van der Waals surface area contributed by atoms with Crippen molar-refractivity contribution in [3.8, 4) is 5.75 Å². The second kappa shape index (κ2) is 7.52. The van der Waals surface area contributed by atoms with Crippen LogP contribution in [0.3, 0.4) is 0 Å². The Kier molecular flexibility index (Phi) is 5.94. The number of nitrogens with zero attached hydrogens (tertiary/aromatic N) is 1. The van der Waals surface area contributed by atoms with Gasteiger partial charge in [-0.2, -0.15) is 0 Å². The average Bonchev–Trinajstić information content (AvgIpc) is 2.83. The van der Waals surface area contributed by atoms with Crippen LogP contribution >= 0.6 is 12.4 Å². The number of halogens is 1. The van der Waals surface area contributed by atoms with E-state index in [1.54, 1.807) is 7.11 Å². The van der Waals surface area contributed by atoms with Gasteiger partial charge in [0.15, 0.2) is 0 Å². The Bertz CT molecular complexity index is 504. The minimum Gasteiger partial charge on any atom is -0.497 e. The number of benzene rings is 1. The third-order valence-electron chi connectivity index (χ3n) is 5.56. The average molecular weight is 322 g/mol. The highest BCUT2D eigenvalue weighted by Crippen LogP contribution is 2.50. The van der Waals surface area contributed by atoms with Crippen molar-refractivity contribution in [2.45, 2.75) is 37.5 Å². The fourth-order valence-electron chi connectivity index (χ4n) is 4.57. The molecule has 2 aliphatic rings. The van der Waals surface area contributed by atoms with Crippen molar-refractivity contribution in [2.75, 3.05) is 26.7 Å². The zero-order valence-electron chi connectivity index (χ0n) is 13.6. The van der Waals surface area contributed by atoms with E-state index in [0.29, 0.717) is 5.41 Å². The highest BCUT2D eigenvalue weighted by atomic mass is 35.5. The van der Waals surface area contributed by atoms with Crippen molar-refractivity contribution >= 4 is 12.4 Å². The quantitative estimate of drug-likeness (QED) is 0.760. The molecule has 122 valence electrons. The number of rotatable bonds is 4. The Labute approximate surface area is 141 Å². The number of hydrogen-bond acceptors (Lipinski definition) is 2. The number of methoxy groups -OCH3 is 1. The highest BCUT2D eigenvalue weighted by molar-refractivity contribution is 5.85. The minimum absolute atomic E-state index is 0. The SMILES string of the molecule is C=CCN1CCCC2(c3cccc(OC)c3)CCCC2C1.Cl. The Morgan fingerprint density at radius 1 is 1.36 bits per heavy atom. The monoisotopic (exact) mass is 321 g/mol. The number of hydrogen-bond donors (Lipinski definition) is 0. The van der Waals surface area contributed by atoms with E-state index in [9.17, 15) is 0 Å². The largest absolute Gasteiger partial charge is 0.497 e. The van der Waals surface area contributed by atoms with E-state index < -0.39 is 0 Å². The van der Waals surface area contributed by atoms with Gasteiger partial charge in [-0.15, -0.1) is 19.0 Å². The van der Waals surface area contributed by atoms with Crippen molar-refractivity contribution in [2.24, 2.45) is 5.92 Å². The Morgan fingerprint density at radius 2 is 2.18 bits per heavy atom. The van der Waals surface area contributed by atoms with Crippen LogP contribution in [0.4, 0.5) is 0 Å². The first-order valence-corrected chi connectivity index (χ1v) is 8.26. The van der Waals surface area contributed by atoms with E-state index in [2.05, 4.69) is 35.7 Å².